The first-order chi connectivity index (χ1) is 12.9. The van der Waals surface area contributed by atoms with Crippen LogP contribution in [0.25, 0.3) is 0 Å². The lowest BCUT2D eigenvalue weighted by Crippen LogP contribution is -2.36. The Kier molecular flexibility index (Phi) is 9.45. The average Bonchev–Trinajstić information content (AvgIpc) is 3.20. The molecule has 0 radical (unpaired) electrons. The molecule has 0 bridgehead atoms. The van der Waals surface area contributed by atoms with Gasteiger partial charge in [0.1, 0.15) is 12.7 Å². The molecule has 7 nitrogen and oxygen atoms in total. The van der Waals surface area contributed by atoms with Crippen LogP contribution in [-0.2, 0) is 28.5 Å². The van der Waals surface area contributed by atoms with Crippen molar-refractivity contribution in [3.63, 3.8) is 0 Å². The highest BCUT2D eigenvalue weighted by atomic mass is 16.7. The van der Waals surface area contributed by atoms with Crippen LogP contribution in [0.4, 0.5) is 0 Å². The van der Waals surface area contributed by atoms with Crippen molar-refractivity contribution in [1.29, 1.82) is 0 Å². The van der Waals surface area contributed by atoms with E-state index in [2.05, 4.69) is 13.8 Å². The van der Waals surface area contributed by atoms with Gasteiger partial charge in [-0.1, -0.05) is 13.8 Å². The minimum absolute atomic E-state index is 0.0132. The molecule has 2 saturated heterocycles. The first kappa shape index (κ1) is 22.6. The van der Waals surface area contributed by atoms with Gasteiger partial charge in [0, 0.05) is 13.1 Å². The van der Waals surface area contributed by atoms with E-state index >= 15 is 0 Å². The molecular weight excluding hydrogens is 350 g/mol. The van der Waals surface area contributed by atoms with Gasteiger partial charge in [0.25, 0.3) is 0 Å². The third-order valence-electron chi connectivity index (χ3n) is 4.74. The number of amides is 1. The van der Waals surface area contributed by atoms with Gasteiger partial charge in [-0.2, -0.15) is 0 Å². The fourth-order valence-electron chi connectivity index (χ4n) is 3.47. The summed E-state index contributed by atoms with van der Waals surface area (Å²) in [6.07, 6.45) is 3.94. The predicted octanol–water partition coefficient (Wildman–Crippen LogP) is 2.37. The highest BCUT2D eigenvalue weighted by Crippen LogP contribution is 2.23. The first-order valence-corrected chi connectivity index (χ1v) is 10.3. The molecule has 0 aromatic rings. The second-order valence-corrected chi connectivity index (χ2v) is 7.84. The lowest BCUT2D eigenvalue weighted by atomic mass is 10.2. The molecule has 2 fully saturated rings. The fraction of sp³-hybridized carbons (Fsp3) is 0.950. The van der Waals surface area contributed by atoms with Crippen LogP contribution < -0.4 is 0 Å². The van der Waals surface area contributed by atoms with Crippen molar-refractivity contribution in [3.05, 3.63) is 0 Å². The molecule has 0 aromatic carbocycles. The van der Waals surface area contributed by atoms with Gasteiger partial charge in [0.05, 0.1) is 38.6 Å². The second-order valence-electron chi connectivity index (χ2n) is 7.84. The average molecular weight is 388 g/mol. The molecule has 2 aliphatic heterocycles. The fourth-order valence-corrected chi connectivity index (χ4v) is 3.47. The lowest BCUT2D eigenvalue weighted by molar-refractivity contribution is -0.147. The second kappa shape index (κ2) is 11.3. The van der Waals surface area contributed by atoms with Crippen molar-refractivity contribution < 1.29 is 28.5 Å². The van der Waals surface area contributed by atoms with Crippen molar-refractivity contribution in [1.82, 2.24) is 4.90 Å². The van der Waals surface area contributed by atoms with Crippen LogP contribution in [0.3, 0.4) is 0 Å². The zero-order valence-corrected chi connectivity index (χ0v) is 17.4. The summed E-state index contributed by atoms with van der Waals surface area (Å²) in [5.41, 5.74) is 0. The molecule has 0 N–H and O–H groups in total. The van der Waals surface area contributed by atoms with Gasteiger partial charge in [0.2, 0.25) is 5.91 Å². The monoisotopic (exact) mass is 387 g/mol. The Morgan fingerprint density at radius 1 is 1.00 bits per heavy atom. The molecule has 0 spiro atoms. The maximum Gasteiger partial charge on any atom is 0.248 e. The van der Waals surface area contributed by atoms with Crippen LogP contribution in [0, 0.1) is 0 Å². The van der Waals surface area contributed by atoms with E-state index < -0.39 is 5.79 Å². The Hall–Kier alpha value is -0.730. The van der Waals surface area contributed by atoms with Crippen molar-refractivity contribution in [3.8, 4) is 0 Å². The van der Waals surface area contributed by atoms with E-state index in [4.69, 9.17) is 23.7 Å². The third kappa shape index (κ3) is 8.03. The summed E-state index contributed by atoms with van der Waals surface area (Å²) in [4.78, 5) is 14.1. The minimum Gasteiger partial charge on any atom is -0.376 e. The molecule has 2 heterocycles. The molecule has 158 valence electrons. The summed E-state index contributed by atoms with van der Waals surface area (Å²) >= 11 is 0. The van der Waals surface area contributed by atoms with Crippen molar-refractivity contribution in [2.24, 2.45) is 0 Å². The van der Waals surface area contributed by atoms with Crippen LogP contribution in [0.5, 0.6) is 0 Å². The zero-order chi connectivity index (χ0) is 19.7. The molecule has 3 atom stereocenters. The van der Waals surface area contributed by atoms with Gasteiger partial charge in [-0.05, 0) is 39.5 Å². The molecule has 0 aromatic heterocycles. The van der Waals surface area contributed by atoms with Crippen molar-refractivity contribution in [2.45, 2.75) is 77.5 Å². The molecule has 2 rings (SSSR count). The summed E-state index contributed by atoms with van der Waals surface area (Å²) in [5, 5.41) is 0. The number of carbonyl (C=O) groups excluding carboxylic acids is 1. The molecule has 7 heteroatoms. The molecule has 0 saturated carbocycles. The van der Waals surface area contributed by atoms with E-state index in [9.17, 15) is 4.79 Å². The summed E-state index contributed by atoms with van der Waals surface area (Å²) < 4.78 is 28.6. The van der Waals surface area contributed by atoms with Gasteiger partial charge in [-0.3, -0.25) is 4.79 Å². The van der Waals surface area contributed by atoms with Crippen LogP contribution >= 0.6 is 0 Å². The van der Waals surface area contributed by atoms with E-state index in [1.807, 2.05) is 18.7 Å². The smallest absolute Gasteiger partial charge is 0.248 e. The Morgan fingerprint density at radius 2 is 1.59 bits per heavy atom. The maximum absolute atomic E-state index is 12.2. The summed E-state index contributed by atoms with van der Waals surface area (Å²) in [6, 6.07) is 0. The van der Waals surface area contributed by atoms with Gasteiger partial charge >= 0.3 is 0 Å². The Labute approximate surface area is 163 Å². The van der Waals surface area contributed by atoms with E-state index in [0.29, 0.717) is 26.4 Å². The maximum atomic E-state index is 12.2. The minimum atomic E-state index is -0.512. The number of hydrogen-bond acceptors (Lipinski definition) is 6. The first-order valence-electron chi connectivity index (χ1n) is 10.3. The highest BCUT2D eigenvalue weighted by molar-refractivity contribution is 5.77. The lowest BCUT2D eigenvalue weighted by Gasteiger charge is -2.22. The standard InChI is InChI=1S/C20H37NO6/c1-5-9-21(10-6-2)19(22)15-24-12-17-8-7-16(26-17)11-23-13-18-14-25-20(3,4)27-18/h16-18H,5-15H2,1-4H3. The summed E-state index contributed by atoms with van der Waals surface area (Å²) in [5.74, 6) is -0.444. The van der Waals surface area contributed by atoms with Crippen LogP contribution in [0.2, 0.25) is 0 Å². The van der Waals surface area contributed by atoms with Gasteiger partial charge < -0.3 is 28.6 Å². The van der Waals surface area contributed by atoms with Crippen molar-refractivity contribution in [2.75, 3.05) is 46.1 Å². The number of hydrogen-bond donors (Lipinski definition) is 0. The number of carbonyl (C=O) groups is 1. The summed E-state index contributed by atoms with van der Waals surface area (Å²) in [7, 11) is 0. The Balaban J connectivity index is 1.55. The predicted molar refractivity (Wildman–Crippen MR) is 102 cm³/mol. The van der Waals surface area contributed by atoms with Crippen LogP contribution in [-0.4, -0.2) is 81.0 Å². The quantitative estimate of drug-likeness (QED) is 0.512. The number of nitrogens with zero attached hydrogens (tertiary/aromatic N) is 1. The van der Waals surface area contributed by atoms with Crippen LogP contribution in [0.1, 0.15) is 53.4 Å². The van der Waals surface area contributed by atoms with E-state index in [0.717, 1.165) is 38.8 Å². The zero-order valence-electron chi connectivity index (χ0n) is 17.4. The summed E-state index contributed by atoms with van der Waals surface area (Å²) in [6.45, 7) is 11.8. The Morgan fingerprint density at radius 3 is 2.15 bits per heavy atom. The largest absolute Gasteiger partial charge is 0.376 e. The third-order valence-corrected chi connectivity index (χ3v) is 4.74. The molecular formula is C20H37NO6. The number of ether oxygens (including phenoxy) is 5. The molecule has 27 heavy (non-hydrogen) atoms. The highest BCUT2D eigenvalue weighted by Gasteiger charge is 2.33. The van der Waals surface area contributed by atoms with Gasteiger partial charge in [0.15, 0.2) is 5.79 Å². The van der Waals surface area contributed by atoms with Gasteiger partial charge in [-0.25, -0.2) is 0 Å². The van der Waals surface area contributed by atoms with E-state index in [1.54, 1.807) is 0 Å². The van der Waals surface area contributed by atoms with E-state index in [1.165, 1.54) is 0 Å². The Bertz CT molecular complexity index is 438. The molecule has 2 aliphatic rings. The van der Waals surface area contributed by atoms with E-state index in [-0.39, 0.29) is 30.8 Å². The normalized spacial score (nSPS) is 27.2. The van der Waals surface area contributed by atoms with Gasteiger partial charge in [-0.15, -0.1) is 0 Å². The molecule has 3 unspecified atom stereocenters. The molecule has 1 amide bonds. The topological polar surface area (TPSA) is 66.5 Å². The number of rotatable bonds is 12. The van der Waals surface area contributed by atoms with Crippen LogP contribution in [0.15, 0.2) is 0 Å². The van der Waals surface area contributed by atoms with Crippen molar-refractivity contribution >= 4 is 5.91 Å². The SMILES string of the molecule is CCCN(CCC)C(=O)COCC1CCC(COCC2COC(C)(C)O2)O1. The molecule has 0 aliphatic carbocycles.